The SMILES string of the molecule is O=C(c1cc(Cl)c(Br)cn1)N1C2CCC1CC(O)C2. The summed E-state index contributed by atoms with van der Waals surface area (Å²) in [7, 11) is 0. The zero-order chi connectivity index (χ0) is 13.6. The van der Waals surface area contributed by atoms with Gasteiger partial charge in [-0.25, -0.2) is 4.98 Å². The van der Waals surface area contributed by atoms with Crippen molar-refractivity contribution >= 4 is 33.4 Å². The van der Waals surface area contributed by atoms with E-state index in [0.29, 0.717) is 28.0 Å². The molecule has 3 heterocycles. The van der Waals surface area contributed by atoms with Crippen LogP contribution in [-0.4, -0.2) is 39.1 Å². The molecule has 2 fully saturated rings. The largest absolute Gasteiger partial charge is 0.393 e. The summed E-state index contributed by atoms with van der Waals surface area (Å²) in [5.74, 6) is -0.0752. The number of aliphatic hydroxyl groups excluding tert-OH is 1. The minimum absolute atomic E-state index is 0.0752. The van der Waals surface area contributed by atoms with Crippen LogP contribution in [0.5, 0.6) is 0 Å². The number of piperidine rings is 1. The van der Waals surface area contributed by atoms with Crippen LogP contribution in [0.1, 0.15) is 36.2 Å². The van der Waals surface area contributed by atoms with Gasteiger partial charge < -0.3 is 10.0 Å². The molecular formula is C13H14BrClN2O2. The maximum absolute atomic E-state index is 12.5. The van der Waals surface area contributed by atoms with Crippen molar-refractivity contribution in [3.8, 4) is 0 Å². The maximum Gasteiger partial charge on any atom is 0.273 e. The highest BCUT2D eigenvalue weighted by molar-refractivity contribution is 9.10. The van der Waals surface area contributed by atoms with Crippen LogP contribution in [0.2, 0.25) is 5.02 Å². The molecule has 1 N–H and O–H groups in total. The van der Waals surface area contributed by atoms with E-state index < -0.39 is 0 Å². The van der Waals surface area contributed by atoms with Gasteiger partial charge in [0.1, 0.15) is 5.69 Å². The summed E-state index contributed by atoms with van der Waals surface area (Å²) in [5, 5.41) is 10.2. The Morgan fingerprint density at radius 1 is 1.42 bits per heavy atom. The third kappa shape index (κ3) is 2.39. The molecule has 1 aromatic rings. The van der Waals surface area contributed by atoms with Gasteiger partial charge in [-0.15, -0.1) is 0 Å². The van der Waals surface area contributed by atoms with E-state index in [2.05, 4.69) is 20.9 Å². The summed E-state index contributed by atoms with van der Waals surface area (Å²) >= 11 is 9.28. The Morgan fingerprint density at radius 3 is 2.63 bits per heavy atom. The molecule has 1 amide bonds. The zero-order valence-corrected chi connectivity index (χ0v) is 12.6. The molecule has 6 heteroatoms. The molecule has 3 rings (SSSR count). The van der Waals surface area contributed by atoms with E-state index >= 15 is 0 Å². The minimum atomic E-state index is -0.275. The van der Waals surface area contributed by atoms with Gasteiger partial charge in [0.25, 0.3) is 5.91 Å². The van der Waals surface area contributed by atoms with Gasteiger partial charge >= 0.3 is 0 Å². The predicted octanol–water partition coefficient (Wildman–Crippen LogP) is 2.63. The average molecular weight is 346 g/mol. The fraction of sp³-hybridized carbons (Fsp3) is 0.538. The number of nitrogens with zero attached hydrogens (tertiary/aromatic N) is 2. The first-order chi connectivity index (χ1) is 9.06. The number of hydrogen-bond donors (Lipinski definition) is 1. The topological polar surface area (TPSA) is 53.4 Å². The van der Waals surface area contributed by atoms with Crippen LogP contribution >= 0.6 is 27.5 Å². The van der Waals surface area contributed by atoms with E-state index in [9.17, 15) is 9.90 Å². The third-order valence-electron chi connectivity index (χ3n) is 3.97. The van der Waals surface area contributed by atoms with Crippen molar-refractivity contribution in [2.45, 2.75) is 43.9 Å². The van der Waals surface area contributed by atoms with Crippen LogP contribution < -0.4 is 0 Å². The van der Waals surface area contributed by atoms with Crippen LogP contribution in [0.3, 0.4) is 0 Å². The number of hydrogen-bond acceptors (Lipinski definition) is 3. The first-order valence-corrected chi connectivity index (χ1v) is 7.55. The number of carbonyl (C=O) groups excluding carboxylic acids is 1. The second kappa shape index (κ2) is 5.04. The highest BCUT2D eigenvalue weighted by Crippen LogP contribution is 2.36. The lowest BCUT2D eigenvalue weighted by Crippen LogP contribution is -2.48. The van der Waals surface area contributed by atoms with Gasteiger partial charge in [-0.2, -0.15) is 0 Å². The van der Waals surface area contributed by atoms with Crippen LogP contribution in [0.25, 0.3) is 0 Å². The Morgan fingerprint density at radius 2 is 2.05 bits per heavy atom. The van der Waals surface area contributed by atoms with Gasteiger partial charge in [-0.1, -0.05) is 11.6 Å². The lowest BCUT2D eigenvalue weighted by molar-refractivity contribution is 0.0282. The standard InChI is InChI=1S/C13H14BrClN2O2/c14-10-6-16-12(5-11(10)15)13(19)17-7-1-2-8(17)4-9(18)3-7/h5-9,18H,1-4H2. The first-order valence-electron chi connectivity index (χ1n) is 6.38. The average Bonchev–Trinajstić information content (AvgIpc) is 2.64. The number of rotatable bonds is 1. The molecule has 0 saturated carbocycles. The van der Waals surface area contributed by atoms with Crippen molar-refractivity contribution in [3.05, 3.63) is 27.5 Å². The summed E-state index contributed by atoms with van der Waals surface area (Å²) in [5.41, 5.74) is 0.376. The predicted molar refractivity (Wildman–Crippen MR) is 75.2 cm³/mol. The summed E-state index contributed by atoms with van der Waals surface area (Å²) in [4.78, 5) is 18.6. The molecule has 2 unspecified atom stereocenters. The number of amides is 1. The van der Waals surface area contributed by atoms with Gasteiger partial charge in [0.15, 0.2) is 0 Å². The molecule has 2 aliphatic rings. The zero-order valence-electron chi connectivity index (χ0n) is 10.2. The second-order valence-corrected chi connectivity index (χ2v) is 6.47. The van der Waals surface area contributed by atoms with Crippen molar-refractivity contribution in [1.82, 2.24) is 9.88 Å². The molecule has 2 bridgehead atoms. The van der Waals surface area contributed by atoms with Gasteiger partial charge in [0.05, 0.1) is 15.6 Å². The summed E-state index contributed by atoms with van der Waals surface area (Å²) in [6, 6.07) is 1.88. The number of pyridine rings is 1. The number of carbonyl (C=O) groups is 1. The first kappa shape index (κ1) is 13.3. The number of aromatic nitrogens is 1. The lowest BCUT2D eigenvalue weighted by Gasteiger charge is -2.37. The summed E-state index contributed by atoms with van der Waals surface area (Å²) < 4.78 is 0.683. The highest BCUT2D eigenvalue weighted by atomic mass is 79.9. The Balaban J connectivity index is 1.86. The van der Waals surface area contributed by atoms with E-state index in [1.165, 1.54) is 0 Å². The second-order valence-electron chi connectivity index (χ2n) is 5.21. The van der Waals surface area contributed by atoms with Crippen LogP contribution in [-0.2, 0) is 0 Å². The van der Waals surface area contributed by atoms with E-state index in [1.54, 1.807) is 12.3 Å². The molecule has 19 heavy (non-hydrogen) atoms. The fourth-order valence-corrected chi connectivity index (χ4v) is 3.51. The summed E-state index contributed by atoms with van der Waals surface area (Å²) in [6.45, 7) is 0. The van der Waals surface area contributed by atoms with E-state index in [-0.39, 0.29) is 24.1 Å². The molecule has 2 aliphatic heterocycles. The molecular weight excluding hydrogens is 332 g/mol. The Kier molecular flexibility index (Phi) is 3.53. The third-order valence-corrected chi connectivity index (χ3v) is 5.14. The Labute approximate surface area is 124 Å². The fourth-order valence-electron chi connectivity index (χ4n) is 3.14. The highest BCUT2D eigenvalue weighted by Gasteiger charge is 2.43. The van der Waals surface area contributed by atoms with Crippen molar-refractivity contribution in [3.63, 3.8) is 0 Å². The van der Waals surface area contributed by atoms with E-state index in [4.69, 9.17) is 11.6 Å². The van der Waals surface area contributed by atoms with Gasteiger partial charge in [0, 0.05) is 18.3 Å². The van der Waals surface area contributed by atoms with Crippen molar-refractivity contribution in [1.29, 1.82) is 0 Å². The maximum atomic E-state index is 12.5. The Bertz CT molecular complexity index is 511. The molecule has 0 radical (unpaired) electrons. The van der Waals surface area contributed by atoms with Crippen LogP contribution in [0.4, 0.5) is 0 Å². The van der Waals surface area contributed by atoms with Gasteiger partial charge in [-0.3, -0.25) is 4.79 Å². The molecule has 0 aliphatic carbocycles. The van der Waals surface area contributed by atoms with Crippen molar-refractivity contribution < 1.29 is 9.90 Å². The number of aliphatic hydroxyl groups is 1. The molecule has 1 aromatic heterocycles. The molecule has 102 valence electrons. The molecule has 0 spiro atoms. The summed E-state index contributed by atoms with van der Waals surface area (Å²) in [6.07, 6.45) is 4.56. The number of fused-ring (bicyclic) bond motifs is 2. The quantitative estimate of drug-likeness (QED) is 0.851. The lowest BCUT2D eigenvalue weighted by atomic mass is 9.99. The van der Waals surface area contributed by atoms with Crippen molar-refractivity contribution in [2.24, 2.45) is 0 Å². The van der Waals surface area contributed by atoms with E-state index in [1.807, 2.05) is 4.90 Å². The van der Waals surface area contributed by atoms with Gasteiger partial charge in [-0.05, 0) is 47.7 Å². The van der Waals surface area contributed by atoms with E-state index in [0.717, 1.165) is 12.8 Å². The van der Waals surface area contributed by atoms with Crippen LogP contribution in [0, 0.1) is 0 Å². The molecule has 2 saturated heterocycles. The molecule has 4 nitrogen and oxygen atoms in total. The molecule has 0 aromatic carbocycles. The van der Waals surface area contributed by atoms with Crippen molar-refractivity contribution in [2.75, 3.05) is 0 Å². The van der Waals surface area contributed by atoms with Crippen LogP contribution in [0.15, 0.2) is 16.7 Å². The monoisotopic (exact) mass is 344 g/mol. The smallest absolute Gasteiger partial charge is 0.273 e. The Hall–Kier alpha value is -0.650. The van der Waals surface area contributed by atoms with Gasteiger partial charge in [0.2, 0.25) is 0 Å². The minimum Gasteiger partial charge on any atom is -0.393 e. The molecule has 2 atom stereocenters. The number of halogens is 2. The normalized spacial score (nSPS) is 29.6.